The molecule has 1 fully saturated rings. The van der Waals surface area contributed by atoms with E-state index in [4.69, 9.17) is 0 Å². The van der Waals surface area contributed by atoms with Crippen molar-refractivity contribution in [3.63, 3.8) is 0 Å². The Morgan fingerprint density at radius 1 is 1.30 bits per heavy atom. The van der Waals surface area contributed by atoms with Gasteiger partial charge in [-0.15, -0.1) is 0 Å². The van der Waals surface area contributed by atoms with Gasteiger partial charge < -0.3 is 10.2 Å². The number of benzene rings is 1. The lowest BCUT2D eigenvalue weighted by atomic mass is 10.1. The van der Waals surface area contributed by atoms with E-state index in [2.05, 4.69) is 39.1 Å². The van der Waals surface area contributed by atoms with Gasteiger partial charge in [0.25, 0.3) is 0 Å². The SMILES string of the molecule is C=CC(=O)N1CCC[C@@H](n2ncc3c(NCc4ccccc4)ncnc32)C1. The average molecular weight is 362 g/mol. The number of carbonyl (C=O) groups excluding carboxylic acids is 1. The number of carbonyl (C=O) groups is 1. The molecule has 2 aromatic heterocycles. The van der Waals surface area contributed by atoms with Gasteiger partial charge in [-0.1, -0.05) is 36.9 Å². The number of nitrogens with zero attached hydrogens (tertiary/aromatic N) is 5. The number of likely N-dealkylation sites (tertiary alicyclic amines) is 1. The summed E-state index contributed by atoms with van der Waals surface area (Å²) in [4.78, 5) is 22.6. The Morgan fingerprint density at radius 3 is 2.96 bits per heavy atom. The van der Waals surface area contributed by atoms with Gasteiger partial charge in [-0.25, -0.2) is 14.6 Å². The van der Waals surface area contributed by atoms with Crippen molar-refractivity contribution >= 4 is 22.8 Å². The average Bonchev–Trinajstić information content (AvgIpc) is 3.17. The molecule has 7 nitrogen and oxygen atoms in total. The van der Waals surface area contributed by atoms with Crippen LogP contribution in [0.25, 0.3) is 11.0 Å². The number of nitrogens with one attached hydrogen (secondary N) is 1. The van der Waals surface area contributed by atoms with E-state index < -0.39 is 0 Å². The fourth-order valence-electron chi connectivity index (χ4n) is 3.54. The lowest BCUT2D eigenvalue weighted by Gasteiger charge is -2.32. The number of piperidine rings is 1. The molecule has 4 rings (SSSR count). The quantitative estimate of drug-likeness (QED) is 0.707. The van der Waals surface area contributed by atoms with Gasteiger partial charge >= 0.3 is 0 Å². The van der Waals surface area contributed by atoms with Gasteiger partial charge in [0, 0.05) is 19.6 Å². The zero-order valence-corrected chi connectivity index (χ0v) is 15.1. The summed E-state index contributed by atoms with van der Waals surface area (Å²) in [7, 11) is 0. The maximum absolute atomic E-state index is 12.0. The third kappa shape index (κ3) is 3.53. The highest BCUT2D eigenvalue weighted by Crippen LogP contribution is 2.27. The Balaban J connectivity index is 1.57. The summed E-state index contributed by atoms with van der Waals surface area (Å²) in [5.74, 6) is 0.737. The molecule has 0 saturated carbocycles. The Labute approximate surface area is 157 Å². The highest BCUT2D eigenvalue weighted by molar-refractivity contribution is 5.87. The van der Waals surface area contributed by atoms with Gasteiger partial charge in [-0.2, -0.15) is 5.10 Å². The molecule has 1 aliphatic rings. The number of hydrogen-bond acceptors (Lipinski definition) is 5. The second-order valence-corrected chi connectivity index (χ2v) is 6.67. The van der Waals surface area contributed by atoms with Crippen LogP contribution >= 0.6 is 0 Å². The monoisotopic (exact) mass is 362 g/mol. The predicted molar refractivity (Wildman–Crippen MR) is 104 cm³/mol. The minimum absolute atomic E-state index is 0.0315. The molecule has 0 spiro atoms. The van der Waals surface area contributed by atoms with Crippen LogP contribution in [-0.4, -0.2) is 43.6 Å². The molecule has 1 N–H and O–H groups in total. The van der Waals surface area contributed by atoms with Crippen molar-refractivity contribution < 1.29 is 4.79 Å². The first-order chi connectivity index (χ1) is 13.3. The third-order valence-corrected chi connectivity index (χ3v) is 4.92. The van der Waals surface area contributed by atoms with Crippen molar-refractivity contribution in [2.45, 2.75) is 25.4 Å². The van der Waals surface area contributed by atoms with Crippen LogP contribution in [0, 0.1) is 0 Å². The summed E-state index contributed by atoms with van der Waals surface area (Å²) >= 11 is 0. The van der Waals surface area contributed by atoms with Crippen LogP contribution in [0.3, 0.4) is 0 Å². The molecule has 1 saturated heterocycles. The minimum atomic E-state index is -0.0315. The van der Waals surface area contributed by atoms with Gasteiger partial charge in [0.1, 0.15) is 12.1 Å². The van der Waals surface area contributed by atoms with Gasteiger partial charge in [-0.05, 0) is 24.5 Å². The Morgan fingerprint density at radius 2 is 2.15 bits per heavy atom. The van der Waals surface area contributed by atoms with Crippen LogP contribution in [0.2, 0.25) is 0 Å². The molecule has 0 radical (unpaired) electrons. The van der Waals surface area contributed by atoms with Gasteiger partial charge in [0.2, 0.25) is 5.91 Å². The van der Waals surface area contributed by atoms with Crippen molar-refractivity contribution in [3.8, 4) is 0 Å². The Bertz CT molecular complexity index is 952. The van der Waals surface area contributed by atoms with Crippen LogP contribution in [0.4, 0.5) is 5.82 Å². The molecular weight excluding hydrogens is 340 g/mol. The standard InChI is InChI=1S/C20H22N6O/c1-2-18(27)25-10-6-9-16(13-25)26-20-17(12-24-26)19(22-14-23-20)21-11-15-7-4-3-5-8-15/h2-5,7-8,12,14,16H,1,6,9-11,13H2,(H,21,22,23)/t16-/m1/s1. The second-order valence-electron chi connectivity index (χ2n) is 6.67. The Hall–Kier alpha value is -3.22. The predicted octanol–water partition coefficient (Wildman–Crippen LogP) is 2.79. The van der Waals surface area contributed by atoms with E-state index in [1.807, 2.05) is 27.8 Å². The highest BCUT2D eigenvalue weighted by Gasteiger charge is 2.26. The van der Waals surface area contributed by atoms with Crippen LogP contribution in [0.5, 0.6) is 0 Å². The van der Waals surface area contributed by atoms with Crippen molar-refractivity contribution in [2.24, 2.45) is 0 Å². The summed E-state index contributed by atoms with van der Waals surface area (Å²) in [6.45, 7) is 5.66. The number of rotatable bonds is 5. The largest absolute Gasteiger partial charge is 0.365 e. The van der Waals surface area contributed by atoms with E-state index in [0.29, 0.717) is 13.1 Å². The summed E-state index contributed by atoms with van der Waals surface area (Å²) in [6.07, 6.45) is 6.64. The number of anilines is 1. The van der Waals surface area contributed by atoms with E-state index in [9.17, 15) is 4.79 Å². The molecule has 1 aromatic carbocycles. The lowest BCUT2D eigenvalue weighted by molar-refractivity contribution is -0.127. The summed E-state index contributed by atoms with van der Waals surface area (Å²) in [5, 5.41) is 8.83. The molecule has 3 heterocycles. The number of fused-ring (bicyclic) bond motifs is 1. The molecule has 3 aromatic rings. The maximum Gasteiger partial charge on any atom is 0.246 e. The maximum atomic E-state index is 12.0. The molecule has 1 aliphatic heterocycles. The van der Waals surface area contributed by atoms with Crippen molar-refractivity contribution in [1.29, 1.82) is 0 Å². The van der Waals surface area contributed by atoms with Crippen LogP contribution < -0.4 is 5.32 Å². The van der Waals surface area contributed by atoms with Crippen LogP contribution in [-0.2, 0) is 11.3 Å². The van der Waals surface area contributed by atoms with Gasteiger partial charge in [0.15, 0.2) is 5.65 Å². The van der Waals surface area contributed by atoms with Crippen LogP contribution in [0.15, 0.2) is 55.5 Å². The first-order valence-corrected chi connectivity index (χ1v) is 9.13. The third-order valence-electron chi connectivity index (χ3n) is 4.92. The smallest absolute Gasteiger partial charge is 0.246 e. The topological polar surface area (TPSA) is 75.9 Å². The lowest BCUT2D eigenvalue weighted by Crippen LogP contribution is -2.40. The minimum Gasteiger partial charge on any atom is -0.365 e. The molecule has 1 amide bonds. The second kappa shape index (κ2) is 7.57. The van der Waals surface area contributed by atoms with E-state index in [1.54, 1.807) is 12.5 Å². The summed E-state index contributed by atoms with van der Waals surface area (Å²) < 4.78 is 1.92. The van der Waals surface area contributed by atoms with Crippen molar-refractivity contribution in [3.05, 3.63) is 61.1 Å². The van der Waals surface area contributed by atoms with Crippen molar-refractivity contribution in [2.75, 3.05) is 18.4 Å². The normalized spacial score (nSPS) is 17.0. The number of amides is 1. The molecule has 7 heteroatoms. The molecule has 27 heavy (non-hydrogen) atoms. The van der Waals surface area contributed by atoms with Gasteiger partial charge in [0.05, 0.1) is 17.6 Å². The highest BCUT2D eigenvalue weighted by atomic mass is 16.2. The number of hydrogen-bond donors (Lipinski definition) is 1. The van der Waals surface area contributed by atoms with E-state index in [-0.39, 0.29) is 11.9 Å². The molecule has 0 bridgehead atoms. The van der Waals surface area contributed by atoms with E-state index >= 15 is 0 Å². The van der Waals surface area contributed by atoms with E-state index in [0.717, 1.165) is 36.2 Å². The molecule has 1 atom stereocenters. The summed E-state index contributed by atoms with van der Waals surface area (Å²) in [6, 6.07) is 10.3. The first kappa shape index (κ1) is 17.2. The molecule has 138 valence electrons. The van der Waals surface area contributed by atoms with E-state index in [1.165, 1.54) is 11.6 Å². The molecular formula is C20H22N6O. The fourth-order valence-corrected chi connectivity index (χ4v) is 3.54. The van der Waals surface area contributed by atoms with Crippen LogP contribution in [0.1, 0.15) is 24.4 Å². The summed E-state index contributed by atoms with van der Waals surface area (Å²) in [5.41, 5.74) is 1.97. The number of aromatic nitrogens is 4. The zero-order valence-electron chi connectivity index (χ0n) is 15.1. The molecule has 0 unspecified atom stereocenters. The first-order valence-electron chi connectivity index (χ1n) is 9.13. The van der Waals surface area contributed by atoms with Crippen molar-refractivity contribution in [1.82, 2.24) is 24.6 Å². The van der Waals surface area contributed by atoms with Gasteiger partial charge in [-0.3, -0.25) is 4.79 Å². The Kier molecular flexibility index (Phi) is 4.82. The zero-order chi connectivity index (χ0) is 18.6. The fraction of sp³-hybridized carbons (Fsp3) is 0.300. The molecule has 0 aliphatic carbocycles.